The Balaban J connectivity index is 1.16. The van der Waals surface area contributed by atoms with Crippen LogP contribution in [0.3, 0.4) is 0 Å². The molecule has 28 nitrogen and oxygen atoms in total. The normalized spacial score (nSPS) is 17.8. The summed E-state index contributed by atoms with van der Waals surface area (Å²) in [7, 11) is 6.11. The summed E-state index contributed by atoms with van der Waals surface area (Å²) < 4.78 is 28.3. The van der Waals surface area contributed by atoms with Gasteiger partial charge in [-0.15, -0.1) is 0 Å². The third-order valence-electron chi connectivity index (χ3n) is 18.0. The molecule has 0 bridgehead atoms. The fraction of sp³-hybridized carbons (Fsp3) is 0.627. The van der Waals surface area contributed by atoms with Crippen LogP contribution in [0.4, 0.5) is 20.1 Å². The van der Waals surface area contributed by atoms with E-state index < -0.39 is 132 Å². The van der Waals surface area contributed by atoms with Gasteiger partial charge in [-0.25, -0.2) is 14.4 Å². The van der Waals surface area contributed by atoms with Crippen molar-refractivity contribution in [2.24, 2.45) is 29.4 Å². The molecule has 0 aromatic heterocycles. The van der Waals surface area contributed by atoms with Gasteiger partial charge in [-0.1, -0.05) is 89.9 Å². The number of rotatable bonds is 36. The Labute approximate surface area is 557 Å². The molecule has 1 saturated carbocycles. The van der Waals surface area contributed by atoms with Crippen LogP contribution < -0.4 is 37.6 Å². The predicted molar refractivity (Wildman–Crippen MR) is 350 cm³/mol. The summed E-state index contributed by atoms with van der Waals surface area (Å²) in [6.07, 6.45) is 3.10. The van der Waals surface area contributed by atoms with Crippen molar-refractivity contribution >= 4 is 71.2 Å². The second-order valence-electron chi connectivity index (χ2n) is 25.7. The number of nitrogens with one attached hydrogen (secondary N) is 6. The number of hydrogen-bond acceptors (Lipinski definition) is 17. The third kappa shape index (κ3) is 22.2. The average molecular weight is 1330 g/mol. The SMILES string of the molecule is COC(CC(=O)N1CCCC1C(OC)C(C)C(=O)NC(C)C(O)c1ccccc1)C(C1CCCC1)N(C)C(=O)C(NC(=O)C(C)(C)N(C)C(=O)OCc1ccc(NC(=O)C(CCCNC(N)=O)NC(=O)C(NC(=O)OCCOCCN2C(=O)C=CC2=O)C(C)C)cc1)C(C)C. The van der Waals surface area contributed by atoms with E-state index >= 15 is 0 Å². The number of benzene rings is 2. The molecule has 95 heavy (non-hydrogen) atoms. The number of ether oxygens (including phenoxy) is 5. The first-order valence-electron chi connectivity index (χ1n) is 32.7. The van der Waals surface area contributed by atoms with Crippen molar-refractivity contribution in [2.75, 3.05) is 73.1 Å². The van der Waals surface area contributed by atoms with Gasteiger partial charge in [0.1, 0.15) is 36.9 Å². The quantitative estimate of drug-likeness (QED) is 0.0352. The van der Waals surface area contributed by atoms with Crippen molar-refractivity contribution in [3.8, 4) is 0 Å². The Morgan fingerprint density at radius 3 is 1.98 bits per heavy atom. The highest BCUT2D eigenvalue weighted by molar-refractivity contribution is 6.12. The molecule has 12 amide bonds. The molecule has 1 saturated heterocycles. The summed E-state index contributed by atoms with van der Waals surface area (Å²) in [6.45, 7) is 13.5. The highest BCUT2D eigenvalue weighted by Gasteiger charge is 2.46. The Kier molecular flexibility index (Phi) is 30.3. The molecule has 1 aliphatic carbocycles. The zero-order valence-corrected chi connectivity index (χ0v) is 57.0. The lowest BCUT2D eigenvalue weighted by Crippen LogP contribution is -2.62. The molecule has 9 N–H and O–H groups in total. The number of aliphatic hydroxyl groups excluding tert-OH is 1. The van der Waals surface area contributed by atoms with Crippen molar-refractivity contribution in [1.82, 2.24) is 46.2 Å². The lowest BCUT2D eigenvalue weighted by atomic mass is 9.88. The third-order valence-corrected chi connectivity index (χ3v) is 18.0. The van der Waals surface area contributed by atoms with Gasteiger partial charge in [0, 0.05) is 59.2 Å². The number of nitrogens with zero attached hydrogens (tertiary/aromatic N) is 4. The second kappa shape index (κ2) is 37.2. The van der Waals surface area contributed by atoms with E-state index in [1.165, 1.54) is 35.1 Å². The molecule has 10 atom stereocenters. The number of hydrogen-bond donors (Lipinski definition) is 8. The summed E-state index contributed by atoms with van der Waals surface area (Å²) in [6, 6.07) is 9.61. The molecule has 2 aromatic carbocycles. The zero-order valence-electron chi connectivity index (χ0n) is 57.0. The van der Waals surface area contributed by atoms with Crippen LogP contribution >= 0.6 is 0 Å². The monoisotopic (exact) mass is 1330 g/mol. The number of alkyl carbamates (subject to hydrolysis) is 1. The van der Waals surface area contributed by atoms with E-state index in [9.17, 15) is 57.8 Å². The van der Waals surface area contributed by atoms with Crippen molar-refractivity contribution in [2.45, 2.75) is 180 Å². The Morgan fingerprint density at radius 2 is 1.38 bits per heavy atom. The zero-order chi connectivity index (χ0) is 70.3. The van der Waals surface area contributed by atoms with Crippen molar-refractivity contribution in [3.05, 3.63) is 77.9 Å². The molecule has 5 rings (SSSR count). The van der Waals surface area contributed by atoms with E-state index in [0.29, 0.717) is 36.2 Å². The lowest BCUT2D eigenvalue weighted by molar-refractivity contribution is -0.148. The number of amides is 12. The smallest absolute Gasteiger partial charge is 0.410 e. The minimum atomic E-state index is -1.55. The molecule has 2 aromatic rings. The van der Waals surface area contributed by atoms with Crippen LogP contribution in [-0.2, 0) is 68.6 Å². The molecule has 2 heterocycles. The van der Waals surface area contributed by atoms with Crippen LogP contribution in [0.15, 0.2) is 66.7 Å². The topological polar surface area (TPSA) is 365 Å². The summed E-state index contributed by atoms with van der Waals surface area (Å²) >= 11 is 0. The van der Waals surface area contributed by atoms with Gasteiger partial charge in [-0.2, -0.15) is 0 Å². The maximum absolute atomic E-state index is 14.9. The molecule has 2 aliphatic heterocycles. The van der Waals surface area contributed by atoms with Crippen LogP contribution in [0.1, 0.15) is 130 Å². The molecule has 0 spiro atoms. The van der Waals surface area contributed by atoms with Crippen LogP contribution in [0.25, 0.3) is 0 Å². The summed E-state index contributed by atoms with van der Waals surface area (Å²) in [5.74, 6) is -5.40. The molecule has 10 unspecified atom stereocenters. The maximum Gasteiger partial charge on any atom is 0.410 e. The average Bonchev–Trinajstić information content (AvgIpc) is 1.79. The van der Waals surface area contributed by atoms with E-state index in [-0.39, 0.29) is 76.5 Å². The number of aliphatic hydroxyl groups is 1. The first-order chi connectivity index (χ1) is 45.0. The number of carbonyl (C=O) groups is 11. The summed E-state index contributed by atoms with van der Waals surface area (Å²) in [5, 5.41) is 27.2. The fourth-order valence-electron chi connectivity index (χ4n) is 12.1. The highest BCUT2D eigenvalue weighted by Crippen LogP contribution is 2.35. The van der Waals surface area contributed by atoms with E-state index in [4.69, 9.17) is 29.4 Å². The fourth-order valence-corrected chi connectivity index (χ4v) is 12.1. The number of nitrogens with two attached hydrogens (primary N) is 1. The van der Waals surface area contributed by atoms with Gasteiger partial charge >= 0.3 is 18.2 Å². The molecule has 3 aliphatic rings. The predicted octanol–water partition coefficient (Wildman–Crippen LogP) is 4.04. The van der Waals surface area contributed by atoms with Crippen LogP contribution in [0.2, 0.25) is 0 Å². The minimum absolute atomic E-state index is 0.0101. The minimum Gasteiger partial charge on any atom is -0.447 e. The molecule has 0 radical (unpaired) electrons. The van der Waals surface area contributed by atoms with E-state index in [1.807, 2.05) is 18.2 Å². The van der Waals surface area contributed by atoms with Crippen LogP contribution in [0, 0.1) is 23.7 Å². The standard InChI is InChI=1S/C67H101N11O17/c1-40(2)54(74-65(89)94-37-36-93-35-34-78-51(79)30-31-52(78)80)61(85)72-48(24-18-32-69-64(68)88)60(84)71-47-28-26-44(27-29-47)39-95-66(90)76(10)67(7,8)63(87)73-55(41(3)4)62(86)75(9)56(45-20-16-17-21-45)50(91-11)38-53(81)77-33-19-25-49(77)58(92-12)42(5)59(83)70-43(6)57(82)46-22-14-13-15-23-46/h13-15,22-23,26-31,40-43,45,48-50,54-58,82H,16-21,24-25,32-39H2,1-12H3,(H,70,83)(H,71,84)(H,72,85)(H,73,87)(H,74,89)(H3,68,69,88). The number of imide groups is 1. The maximum atomic E-state index is 14.9. The molecule has 28 heteroatoms. The van der Waals surface area contributed by atoms with Gasteiger partial charge in [0.15, 0.2) is 0 Å². The number of likely N-dealkylation sites (tertiary alicyclic amines) is 1. The van der Waals surface area contributed by atoms with Gasteiger partial charge in [0.05, 0.1) is 68.5 Å². The Hall–Kier alpha value is -8.21. The molecule has 2 fully saturated rings. The van der Waals surface area contributed by atoms with Gasteiger partial charge < -0.3 is 76.2 Å². The Bertz CT molecular complexity index is 2940. The second-order valence-corrected chi connectivity index (χ2v) is 25.7. The van der Waals surface area contributed by atoms with Gasteiger partial charge in [0.2, 0.25) is 35.4 Å². The molecular formula is C67H101N11O17. The largest absolute Gasteiger partial charge is 0.447 e. The van der Waals surface area contributed by atoms with Crippen molar-refractivity contribution < 1.29 is 81.5 Å². The van der Waals surface area contributed by atoms with Gasteiger partial charge in [0.25, 0.3) is 11.8 Å². The summed E-state index contributed by atoms with van der Waals surface area (Å²) in [5.41, 5.74) is 5.16. The number of carbonyl (C=O) groups excluding carboxylic acids is 11. The van der Waals surface area contributed by atoms with Crippen molar-refractivity contribution in [1.29, 1.82) is 0 Å². The van der Waals surface area contributed by atoms with Gasteiger partial charge in [-0.05, 0) is 100 Å². The molecular weight excluding hydrogens is 1230 g/mol. The first-order valence-corrected chi connectivity index (χ1v) is 32.7. The van der Waals surface area contributed by atoms with Gasteiger partial charge in [-0.3, -0.25) is 48.2 Å². The number of urea groups is 1. The van der Waals surface area contributed by atoms with Crippen molar-refractivity contribution in [3.63, 3.8) is 0 Å². The summed E-state index contributed by atoms with van der Waals surface area (Å²) in [4.78, 5) is 152. The van der Waals surface area contributed by atoms with Crippen LogP contribution in [0.5, 0.6) is 0 Å². The van der Waals surface area contributed by atoms with E-state index in [0.717, 1.165) is 47.6 Å². The number of methoxy groups -OCH3 is 2. The lowest BCUT2D eigenvalue weighted by Gasteiger charge is -2.41. The first kappa shape index (κ1) is 77.5. The van der Waals surface area contributed by atoms with Crippen LogP contribution in [-0.4, -0.2) is 212 Å². The number of likely N-dealkylation sites (N-methyl/N-ethyl adjacent to an activating group) is 2. The highest BCUT2D eigenvalue weighted by atomic mass is 16.6. The number of anilines is 1. The Morgan fingerprint density at radius 1 is 0.737 bits per heavy atom. The van der Waals surface area contributed by atoms with E-state index in [2.05, 4.69) is 31.9 Å². The number of primary amides is 1. The molecule has 526 valence electrons. The van der Waals surface area contributed by atoms with E-state index in [1.54, 1.807) is 94.8 Å².